The molecule has 0 atom stereocenters. The van der Waals surface area contributed by atoms with Crippen LogP contribution in [-0.4, -0.2) is 5.25 Å². The molecule has 0 amide bonds. The van der Waals surface area contributed by atoms with E-state index in [-0.39, 0.29) is 0 Å². The number of benzene rings is 1. The third-order valence-electron chi connectivity index (χ3n) is 1.32. The van der Waals surface area contributed by atoms with Crippen LogP contribution >= 0.6 is 23.4 Å². The molecule has 66 valence electrons. The number of hydrogen-bond acceptors (Lipinski definition) is 2. The zero-order valence-corrected chi connectivity index (χ0v) is 8.75. The van der Waals surface area contributed by atoms with Gasteiger partial charge in [0.2, 0.25) is 0 Å². The minimum Gasteiger partial charge on any atom is -0.399 e. The lowest BCUT2D eigenvalue weighted by Gasteiger charge is -2.06. The molecular formula is C9H12ClNS. The van der Waals surface area contributed by atoms with Crippen molar-refractivity contribution in [2.75, 3.05) is 5.73 Å². The van der Waals surface area contributed by atoms with Crippen molar-refractivity contribution in [3.63, 3.8) is 0 Å². The molecule has 0 aromatic heterocycles. The maximum Gasteiger partial charge on any atom is 0.0562 e. The number of hydrogen-bond donors (Lipinski definition) is 1. The Labute approximate surface area is 82.3 Å². The normalized spacial score (nSPS) is 10.7. The van der Waals surface area contributed by atoms with E-state index in [1.165, 1.54) is 0 Å². The van der Waals surface area contributed by atoms with Crippen molar-refractivity contribution < 1.29 is 0 Å². The molecule has 0 unspecified atom stereocenters. The second-order valence-electron chi connectivity index (χ2n) is 2.86. The summed E-state index contributed by atoms with van der Waals surface area (Å²) in [5.41, 5.74) is 6.28. The van der Waals surface area contributed by atoms with E-state index in [2.05, 4.69) is 13.8 Å². The van der Waals surface area contributed by atoms with Crippen LogP contribution in [0.15, 0.2) is 23.1 Å². The molecule has 0 radical (unpaired) electrons. The molecule has 0 spiro atoms. The largest absolute Gasteiger partial charge is 0.399 e. The first-order valence-electron chi connectivity index (χ1n) is 3.81. The zero-order chi connectivity index (χ0) is 9.14. The molecule has 0 saturated carbocycles. The molecule has 12 heavy (non-hydrogen) atoms. The number of rotatable bonds is 2. The third-order valence-corrected chi connectivity index (χ3v) is 2.82. The number of nitrogens with two attached hydrogens (primary N) is 1. The molecule has 0 saturated heterocycles. The maximum absolute atomic E-state index is 5.97. The summed E-state index contributed by atoms with van der Waals surface area (Å²) in [6.07, 6.45) is 0. The van der Waals surface area contributed by atoms with Gasteiger partial charge in [0.25, 0.3) is 0 Å². The fourth-order valence-electron chi connectivity index (χ4n) is 0.867. The highest BCUT2D eigenvalue weighted by molar-refractivity contribution is 8.00. The highest BCUT2D eigenvalue weighted by Gasteiger charge is 2.03. The van der Waals surface area contributed by atoms with Gasteiger partial charge in [-0.25, -0.2) is 0 Å². The van der Waals surface area contributed by atoms with Gasteiger partial charge in [0.15, 0.2) is 0 Å². The molecule has 0 aliphatic rings. The topological polar surface area (TPSA) is 26.0 Å². The molecule has 1 nitrogen and oxygen atoms in total. The monoisotopic (exact) mass is 201 g/mol. The van der Waals surface area contributed by atoms with E-state index in [4.69, 9.17) is 17.3 Å². The summed E-state index contributed by atoms with van der Waals surface area (Å²) in [6, 6.07) is 5.62. The van der Waals surface area contributed by atoms with Gasteiger partial charge in [0.1, 0.15) is 0 Å². The van der Waals surface area contributed by atoms with Crippen LogP contribution in [0.4, 0.5) is 5.69 Å². The predicted molar refractivity (Wildman–Crippen MR) is 56.9 cm³/mol. The van der Waals surface area contributed by atoms with Gasteiger partial charge in [-0.3, -0.25) is 0 Å². The first kappa shape index (κ1) is 9.75. The molecular weight excluding hydrogens is 190 g/mol. The van der Waals surface area contributed by atoms with Crippen LogP contribution < -0.4 is 5.73 Å². The number of thioether (sulfide) groups is 1. The van der Waals surface area contributed by atoms with Crippen molar-refractivity contribution in [2.45, 2.75) is 24.0 Å². The van der Waals surface area contributed by atoms with Crippen molar-refractivity contribution in [1.29, 1.82) is 0 Å². The average Bonchev–Trinajstić information content (AvgIpc) is 1.94. The van der Waals surface area contributed by atoms with Crippen LogP contribution in [0.2, 0.25) is 5.02 Å². The summed E-state index contributed by atoms with van der Waals surface area (Å²) in [5, 5.41) is 1.29. The molecule has 1 aromatic carbocycles. The Kier molecular flexibility index (Phi) is 3.29. The van der Waals surface area contributed by atoms with Gasteiger partial charge >= 0.3 is 0 Å². The van der Waals surface area contributed by atoms with Crippen LogP contribution in [0, 0.1) is 0 Å². The van der Waals surface area contributed by atoms with Crippen LogP contribution in [0.3, 0.4) is 0 Å². The Hall–Kier alpha value is -0.340. The highest BCUT2D eigenvalue weighted by atomic mass is 35.5. The van der Waals surface area contributed by atoms with E-state index < -0.39 is 0 Å². The Balaban J connectivity index is 2.86. The highest BCUT2D eigenvalue weighted by Crippen LogP contribution is 2.31. The first-order chi connectivity index (χ1) is 5.59. The molecule has 0 heterocycles. The number of halogens is 1. The summed E-state index contributed by atoms with van der Waals surface area (Å²) >= 11 is 7.72. The second kappa shape index (κ2) is 4.06. The molecule has 3 heteroatoms. The Morgan fingerprint density at radius 3 is 2.58 bits per heavy atom. The lowest BCUT2D eigenvalue weighted by atomic mass is 10.3. The number of anilines is 1. The van der Waals surface area contributed by atoms with E-state index in [1.807, 2.05) is 12.1 Å². The minimum absolute atomic E-state index is 0.547. The first-order valence-corrected chi connectivity index (χ1v) is 5.07. The fraction of sp³-hybridized carbons (Fsp3) is 0.333. The summed E-state index contributed by atoms with van der Waals surface area (Å²) in [5.74, 6) is 0. The van der Waals surface area contributed by atoms with Crippen LogP contribution in [0.1, 0.15) is 13.8 Å². The average molecular weight is 202 g/mol. The second-order valence-corrected chi connectivity index (χ2v) is 4.88. The predicted octanol–water partition coefficient (Wildman–Crippen LogP) is 3.42. The van der Waals surface area contributed by atoms with Gasteiger partial charge in [-0.05, 0) is 18.2 Å². The summed E-state index contributed by atoms with van der Waals surface area (Å²) in [7, 11) is 0. The van der Waals surface area contributed by atoms with Crippen LogP contribution in [0.25, 0.3) is 0 Å². The fourth-order valence-corrected chi connectivity index (χ4v) is 2.02. The molecule has 0 fully saturated rings. The third kappa shape index (κ3) is 2.61. The quantitative estimate of drug-likeness (QED) is 0.586. The zero-order valence-electron chi connectivity index (χ0n) is 7.17. The lowest BCUT2D eigenvalue weighted by molar-refractivity contribution is 1.11. The van der Waals surface area contributed by atoms with Crippen molar-refractivity contribution in [1.82, 2.24) is 0 Å². The Morgan fingerprint density at radius 2 is 2.08 bits per heavy atom. The maximum atomic E-state index is 5.97. The molecule has 0 aliphatic heterocycles. The van der Waals surface area contributed by atoms with Crippen molar-refractivity contribution in [2.24, 2.45) is 0 Å². The summed E-state index contributed by atoms with van der Waals surface area (Å²) in [4.78, 5) is 1.10. The van der Waals surface area contributed by atoms with E-state index in [1.54, 1.807) is 17.8 Å². The van der Waals surface area contributed by atoms with Crippen LogP contribution in [-0.2, 0) is 0 Å². The molecule has 1 aromatic rings. The van der Waals surface area contributed by atoms with Gasteiger partial charge < -0.3 is 5.73 Å². The van der Waals surface area contributed by atoms with Crippen molar-refractivity contribution in [3.8, 4) is 0 Å². The molecule has 0 aliphatic carbocycles. The molecule has 0 bridgehead atoms. The Morgan fingerprint density at radius 1 is 1.42 bits per heavy atom. The summed E-state index contributed by atoms with van der Waals surface area (Å²) in [6.45, 7) is 4.27. The van der Waals surface area contributed by atoms with Gasteiger partial charge in [-0.15, -0.1) is 11.8 Å². The van der Waals surface area contributed by atoms with Gasteiger partial charge in [0, 0.05) is 15.8 Å². The van der Waals surface area contributed by atoms with Crippen LogP contribution in [0.5, 0.6) is 0 Å². The van der Waals surface area contributed by atoms with E-state index in [9.17, 15) is 0 Å². The van der Waals surface area contributed by atoms with E-state index >= 15 is 0 Å². The standard InChI is InChI=1S/C9H12ClNS/c1-6(2)12-9-4-3-7(11)5-8(9)10/h3-6H,11H2,1-2H3. The molecule has 1 rings (SSSR count). The van der Waals surface area contributed by atoms with Gasteiger partial charge in [-0.2, -0.15) is 0 Å². The number of nitrogen functional groups attached to an aromatic ring is 1. The smallest absolute Gasteiger partial charge is 0.0562 e. The van der Waals surface area contributed by atoms with Crippen molar-refractivity contribution >= 4 is 29.1 Å². The minimum atomic E-state index is 0.547. The van der Waals surface area contributed by atoms with Gasteiger partial charge in [-0.1, -0.05) is 25.4 Å². The lowest BCUT2D eigenvalue weighted by Crippen LogP contribution is -1.88. The SMILES string of the molecule is CC(C)Sc1ccc(N)cc1Cl. The van der Waals surface area contributed by atoms with E-state index in [0.717, 1.165) is 9.92 Å². The Bertz CT molecular complexity index is 273. The van der Waals surface area contributed by atoms with Crippen molar-refractivity contribution in [3.05, 3.63) is 23.2 Å². The summed E-state index contributed by atoms with van der Waals surface area (Å²) < 4.78 is 0. The molecule has 2 N–H and O–H groups in total. The van der Waals surface area contributed by atoms with E-state index in [0.29, 0.717) is 10.9 Å². The van der Waals surface area contributed by atoms with Gasteiger partial charge in [0.05, 0.1) is 5.02 Å².